The molecule has 0 atom stereocenters. The zero-order valence-corrected chi connectivity index (χ0v) is 17.5. The highest BCUT2D eigenvalue weighted by molar-refractivity contribution is 7.14. The summed E-state index contributed by atoms with van der Waals surface area (Å²) in [5, 5.41) is 2.74. The maximum absolute atomic E-state index is 13.1. The van der Waals surface area contributed by atoms with Crippen molar-refractivity contribution in [3.8, 4) is 17.0 Å². The van der Waals surface area contributed by atoms with Crippen LogP contribution >= 0.6 is 11.3 Å². The highest BCUT2D eigenvalue weighted by Crippen LogP contribution is 2.29. The molecular formula is C23H26N2O2S. The minimum atomic E-state index is -0.0336. The van der Waals surface area contributed by atoms with E-state index in [9.17, 15) is 4.79 Å². The molecule has 5 heteroatoms. The molecule has 0 unspecified atom stereocenters. The number of carbonyl (C=O) groups is 1. The van der Waals surface area contributed by atoms with Gasteiger partial charge in [0.1, 0.15) is 5.75 Å². The van der Waals surface area contributed by atoms with Gasteiger partial charge in [0.2, 0.25) is 0 Å². The summed E-state index contributed by atoms with van der Waals surface area (Å²) in [6, 6.07) is 15.6. The second-order valence-corrected chi connectivity index (χ2v) is 7.55. The number of carbonyl (C=O) groups excluding carboxylic acids is 1. The number of hydrogen-bond acceptors (Lipinski definition) is 4. The summed E-state index contributed by atoms with van der Waals surface area (Å²) in [5.74, 6) is 0.755. The van der Waals surface area contributed by atoms with Crippen molar-refractivity contribution in [2.45, 2.75) is 33.6 Å². The van der Waals surface area contributed by atoms with Gasteiger partial charge in [-0.3, -0.25) is 9.69 Å². The summed E-state index contributed by atoms with van der Waals surface area (Å²) >= 11 is 1.50. The van der Waals surface area contributed by atoms with Gasteiger partial charge in [-0.1, -0.05) is 43.7 Å². The van der Waals surface area contributed by atoms with Crippen molar-refractivity contribution in [3.05, 3.63) is 65.0 Å². The van der Waals surface area contributed by atoms with E-state index in [0.717, 1.165) is 35.0 Å². The molecule has 0 saturated carbocycles. The van der Waals surface area contributed by atoms with Gasteiger partial charge < -0.3 is 4.74 Å². The lowest BCUT2D eigenvalue weighted by Crippen LogP contribution is -2.31. The number of aryl methyl sites for hydroxylation is 1. The van der Waals surface area contributed by atoms with E-state index >= 15 is 0 Å². The molecule has 2 aromatic carbocycles. The molecule has 28 heavy (non-hydrogen) atoms. The third-order valence-electron chi connectivity index (χ3n) is 4.34. The third kappa shape index (κ3) is 4.78. The minimum absolute atomic E-state index is 0.0336. The number of amides is 1. The zero-order valence-electron chi connectivity index (χ0n) is 16.6. The van der Waals surface area contributed by atoms with E-state index in [-0.39, 0.29) is 5.91 Å². The number of anilines is 1. The van der Waals surface area contributed by atoms with Crippen LogP contribution in [0.4, 0.5) is 5.13 Å². The van der Waals surface area contributed by atoms with Gasteiger partial charge in [-0.2, -0.15) is 0 Å². The largest absolute Gasteiger partial charge is 0.494 e. The molecule has 0 aliphatic rings. The minimum Gasteiger partial charge on any atom is -0.494 e. The Balaban J connectivity index is 1.81. The number of hydrogen-bond donors (Lipinski definition) is 0. The Morgan fingerprint density at radius 3 is 2.39 bits per heavy atom. The molecule has 0 fully saturated rings. The van der Waals surface area contributed by atoms with E-state index in [1.54, 1.807) is 4.90 Å². The lowest BCUT2D eigenvalue weighted by atomic mass is 10.1. The van der Waals surface area contributed by atoms with Crippen LogP contribution in [0.3, 0.4) is 0 Å². The second-order valence-electron chi connectivity index (χ2n) is 6.71. The highest BCUT2D eigenvalue weighted by atomic mass is 32.1. The summed E-state index contributed by atoms with van der Waals surface area (Å²) in [7, 11) is 0. The molecule has 0 aliphatic carbocycles. The molecule has 3 aromatic rings. The van der Waals surface area contributed by atoms with Gasteiger partial charge in [0.25, 0.3) is 5.91 Å². The molecule has 0 radical (unpaired) electrons. The molecule has 0 spiro atoms. The first-order valence-electron chi connectivity index (χ1n) is 9.69. The number of ether oxygens (including phenoxy) is 1. The van der Waals surface area contributed by atoms with Crippen LogP contribution in [0.2, 0.25) is 0 Å². The van der Waals surface area contributed by atoms with E-state index in [4.69, 9.17) is 9.72 Å². The standard InChI is InChI=1S/C23H26N2O2S/c1-4-14-25(22(26)19-10-12-20(13-11-19)27-15-5-2)23-24-21(16-28-23)18-8-6-17(3)7-9-18/h6-13,16H,4-5,14-15H2,1-3H3. The molecule has 0 aliphatic heterocycles. The lowest BCUT2D eigenvalue weighted by molar-refractivity contribution is 0.0987. The summed E-state index contributed by atoms with van der Waals surface area (Å²) in [5.41, 5.74) is 3.82. The normalized spacial score (nSPS) is 10.7. The van der Waals surface area contributed by atoms with Gasteiger partial charge in [0.15, 0.2) is 5.13 Å². The van der Waals surface area contributed by atoms with Gasteiger partial charge in [-0.25, -0.2) is 4.98 Å². The summed E-state index contributed by atoms with van der Waals surface area (Å²) in [4.78, 5) is 19.6. The molecule has 1 heterocycles. The summed E-state index contributed by atoms with van der Waals surface area (Å²) < 4.78 is 5.61. The maximum Gasteiger partial charge on any atom is 0.260 e. The fraction of sp³-hybridized carbons (Fsp3) is 0.304. The van der Waals surface area contributed by atoms with Crippen molar-refractivity contribution in [1.29, 1.82) is 0 Å². The highest BCUT2D eigenvalue weighted by Gasteiger charge is 2.20. The number of nitrogens with zero attached hydrogens (tertiary/aromatic N) is 2. The first-order valence-corrected chi connectivity index (χ1v) is 10.6. The van der Waals surface area contributed by atoms with Crippen LogP contribution in [0.5, 0.6) is 5.75 Å². The van der Waals surface area contributed by atoms with Crippen LogP contribution in [0, 0.1) is 6.92 Å². The fourth-order valence-corrected chi connectivity index (χ4v) is 3.68. The average molecular weight is 395 g/mol. The van der Waals surface area contributed by atoms with Crippen molar-refractivity contribution in [1.82, 2.24) is 4.98 Å². The quantitative estimate of drug-likeness (QED) is 0.473. The smallest absolute Gasteiger partial charge is 0.260 e. The Bertz CT molecular complexity index is 901. The van der Waals surface area contributed by atoms with Crippen LogP contribution in [0.1, 0.15) is 42.6 Å². The SMILES string of the molecule is CCCOc1ccc(C(=O)N(CCC)c2nc(-c3ccc(C)cc3)cs2)cc1. The van der Waals surface area contributed by atoms with Gasteiger partial charge in [-0.15, -0.1) is 11.3 Å². The Morgan fingerprint density at radius 2 is 1.75 bits per heavy atom. The molecule has 3 rings (SSSR count). The molecule has 4 nitrogen and oxygen atoms in total. The molecule has 1 amide bonds. The van der Waals surface area contributed by atoms with Crippen LogP contribution < -0.4 is 9.64 Å². The van der Waals surface area contributed by atoms with E-state index in [0.29, 0.717) is 18.7 Å². The molecular weight excluding hydrogens is 368 g/mol. The predicted octanol–water partition coefficient (Wildman–Crippen LogP) is 5.96. The van der Waals surface area contributed by atoms with Gasteiger partial charge in [0, 0.05) is 23.1 Å². The van der Waals surface area contributed by atoms with Crippen molar-refractivity contribution >= 4 is 22.4 Å². The average Bonchev–Trinajstić information content (AvgIpc) is 3.20. The second kappa shape index (κ2) is 9.51. The lowest BCUT2D eigenvalue weighted by Gasteiger charge is -2.19. The Morgan fingerprint density at radius 1 is 1.04 bits per heavy atom. The predicted molar refractivity (Wildman–Crippen MR) is 116 cm³/mol. The number of aromatic nitrogens is 1. The van der Waals surface area contributed by atoms with Crippen molar-refractivity contribution in [2.24, 2.45) is 0 Å². The number of rotatable bonds is 8. The maximum atomic E-state index is 13.1. The molecule has 0 saturated heterocycles. The number of thiazole rings is 1. The third-order valence-corrected chi connectivity index (χ3v) is 5.20. The van der Waals surface area contributed by atoms with E-state index in [1.807, 2.05) is 29.6 Å². The zero-order chi connectivity index (χ0) is 19.9. The molecule has 1 aromatic heterocycles. The van der Waals surface area contributed by atoms with E-state index in [1.165, 1.54) is 16.9 Å². The van der Waals surface area contributed by atoms with Crippen LogP contribution in [0.15, 0.2) is 53.9 Å². The monoisotopic (exact) mass is 394 g/mol. The molecule has 146 valence electrons. The summed E-state index contributed by atoms with van der Waals surface area (Å²) in [6.07, 6.45) is 1.82. The Kier molecular flexibility index (Phi) is 6.82. The van der Waals surface area contributed by atoms with Gasteiger partial charge in [0.05, 0.1) is 12.3 Å². The Labute approximate surface area is 170 Å². The van der Waals surface area contributed by atoms with Crippen molar-refractivity contribution < 1.29 is 9.53 Å². The van der Waals surface area contributed by atoms with Crippen LogP contribution in [-0.4, -0.2) is 24.0 Å². The summed E-state index contributed by atoms with van der Waals surface area (Å²) in [6.45, 7) is 7.51. The fourth-order valence-electron chi connectivity index (χ4n) is 2.82. The topological polar surface area (TPSA) is 42.4 Å². The van der Waals surface area contributed by atoms with Crippen LogP contribution in [0.25, 0.3) is 11.3 Å². The van der Waals surface area contributed by atoms with Crippen LogP contribution in [-0.2, 0) is 0 Å². The Hall–Kier alpha value is -2.66. The van der Waals surface area contributed by atoms with Gasteiger partial charge in [-0.05, 0) is 44.0 Å². The van der Waals surface area contributed by atoms with Crippen molar-refractivity contribution in [2.75, 3.05) is 18.1 Å². The first kappa shape index (κ1) is 20.1. The molecule has 0 bridgehead atoms. The number of benzene rings is 2. The van der Waals surface area contributed by atoms with E-state index in [2.05, 4.69) is 45.0 Å². The van der Waals surface area contributed by atoms with Crippen molar-refractivity contribution in [3.63, 3.8) is 0 Å². The molecule has 0 N–H and O–H groups in total. The first-order chi connectivity index (χ1) is 13.6. The van der Waals surface area contributed by atoms with Gasteiger partial charge >= 0.3 is 0 Å². The van der Waals surface area contributed by atoms with E-state index < -0.39 is 0 Å².